The highest BCUT2D eigenvalue weighted by atomic mass is 19.1. The standard InChI is InChI=1S/C25H22FN3O/c1-17-8-12-20(13-9-17)29-24(21-6-4-5-7-22(21)26)27-23(25(29)30)16-18-10-14-19(15-11-18)28(2)3/h4-16H,1-3H3/b23-16+. The molecule has 3 aromatic carbocycles. The number of aliphatic imine (C=N–C) groups is 1. The Kier molecular flexibility index (Phi) is 5.19. The molecule has 0 saturated heterocycles. The Morgan fingerprint density at radius 1 is 0.933 bits per heavy atom. The van der Waals surface area contributed by atoms with Crippen LogP contribution in [0, 0.1) is 12.7 Å². The molecule has 0 saturated carbocycles. The molecular formula is C25H22FN3O. The molecule has 0 radical (unpaired) electrons. The minimum absolute atomic E-state index is 0.270. The van der Waals surface area contributed by atoms with Gasteiger partial charge in [0.15, 0.2) is 5.84 Å². The van der Waals surface area contributed by atoms with E-state index < -0.39 is 5.82 Å². The second kappa shape index (κ2) is 7.95. The van der Waals surface area contributed by atoms with Gasteiger partial charge in [0.25, 0.3) is 5.91 Å². The first kappa shape index (κ1) is 19.6. The van der Waals surface area contributed by atoms with Gasteiger partial charge in [0.05, 0.1) is 11.3 Å². The Morgan fingerprint density at radius 2 is 1.60 bits per heavy atom. The van der Waals surface area contributed by atoms with E-state index in [1.54, 1.807) is 24.3 Å². The van der Waals surface area contributed by atoms with Crippen LogP contribution in [0.2, 0.25) is 0 Å². The van der Waals surface area contributed by atoms with Crippen molar-refractivity contribution in [2.45, 2.75) is 6.92 Å². The van der Waals surface area contributed by atoms with Crippen molar-refractivity contribution >= 4 is 29.2 Å². The fourth-order valence-corrected chi connectivity index (χ4v) is 3.30. The molecule has 1 amide bonds. The van der Waals surface area contributed by atoms with Crippen LogP contribution in [0.4, 0.5) is 15.8 Å². The Morgan fingerprint density at radius 3 is 2.23 bits per heavy atom. The second-order valence-electron chi connectivity index (χ2n) is 7.41. The summed E-state index contributed by atoms with van der Waals surface area (Å²) in [5, 5.41) is 0. The van der Waals surface area contributed by atoms with E-state index in [1.807, 2.05) is 74.4 Å². The van der Waals surface area contributed by atoms with E-state index in [9.17, 15) is 9.18 Å². The Hall–Kier alpha value is -3.73. The molecule has 1 heterocycles. The molecule has 0 bridgehead atoms. The maximum Gasteiger partial charge on any atom is 0.282 e. The monoisotopic (exact) mass is 399 g/mol. The van der Waals surface area contributed by atoms with Crippen LogP contribution in [-0.2, 0) is 4.79 Å². The van der Waals surface area contributed by atoms with Crippen LogP contribution in [0.3, 0.4) is 0 Å². The molecule has 0 aromatic heterocycles. The van der Waals surface area contributed by atoms with Crippen LogP contribution in [0.15, 0.2) is 83.5 Å². The van der Waals surface area contributed by atoms with Gasteiger partial charge in [-0.15, -0.1) is 0 Å². The fraction of sp³-hybridized carbons (Fsp3) is 0.120. The first-order chi connectivity index (χ1) is 14.4. The molecule has 4 rings (SSSR count). The highest BCUT2D eigenvalue weighted by Crippen LogP contribution is 2.29. The van der Waals surface area contributed by atoms with Gasteiger partial charge in [-0.05, 0) is 55.0 Å². The van der Waals surface area contributed by atoms with Crippen molar-refractivity contribution in [3.8, 4) is 0 Å². The zero-order valence-electron chi connectivity index (χ0n) is 17.1. The second-order valence-corrected chi connectivity index (χ2v) is 7.41. The Labute approximate surface area is 175 Å². The van der Waals surface area contributed by atoms with Gasteiger partial charge < -0.3 is 4.90 Å². The van der Waals surface area contributed by atoms with Crippen molar-refractivity contribution in [2.75, 3.05) is 23.9 Å². The average molecular weight is 399 g/mol. The summed E-state index contributed by atoms with van der Waals surface area (Å²) in [6, 6.07) is 21.7. The summed E-state index contributed by atoms with van der Waals surface area (Å²) in [4.78, 5) is 21.3. The van der Waals surface area contributed by atoms with Crippen molar-refractivity contribution in [2.24, 2.45) is 4.99 Å². The van der Waals surface area contributed by atoms with Gasteiger partial charge in [0.2, 0.25) is 0 Å². The number of carbonyl (C=O) groups excluding carboxylic acids is 1. The number of amides is 1. The van der Waals surface area contributed by atoms with Crippen LogP contribution in [0.1, 0.15) is 16.7 Å². The predicted octanol–water partition coefficient (Wildman–Crippen LogP) is 5.03. The molecule has 0 atom stereocenters. The molecule has 0 unspecified atom stereocenters. The minimum Gasteiger partial charge on any atom is -0.378 e. The van der Waals surface area contributed by atoms with Crippen LogP contribution in [0.25, 0.3) is 6.08 Å². The van der Waals surface area contributed by atoms with Gasteiger partial charge in [-0.25, -0.2) is 9.38 Å². The van der Waals surface area contributed by atoms with E-state index in [0.717, 1.165) is 16.8 Å². The van der Waals surface area contributed by atoms with Crippen molar-refractivity contribution in [3.63, 3.8) is 0 Å². The molecule has 0 spiro atoms. The Bertz CT molecular complexity index is 1150. The summed E-state index contributed by atoms with van der Waals surface area (Å²) in [5.41, 5.74) is 4.20. The number of halogens is 1. The van der Waals surface area contributed by atoms with Gasteiger partial charge in [0, 0.05) is 19.8 Å². The SMILES string of the molecule is Cc1ccc(N2C(=O)/C(=C\c3ccc(N(C)C)cc3)N=C2c2ccccc2F)cc1. The zero-order chi connectivity index (χ0) is 21.3. The molecule has 1 aliphatic heterocycles. The van der Waals surface area contributed by atoms with Crippen LogP contribution < -0.4 is 9.80 Å². The number of nitrogens with zero attached hydrogens (tertiary/aromatic N) is 3. The first-order valence-electron chi connectivity index (χ1n) is 9.68. The number of hydrogen-bond donors (Lipinski definition) is 0. The summed E-state index contributed by atoms with van der Waals surface area (Å²) in [5.74, 6) is -0.412. The highest BCUT2D eigenvalue weighted by Gasteiger charge is 2.33. The number of rotatable bonds is 4. The van der Waals surface area contributed by atoms with Gasteiger partial charge in [-0.1, -0.05) is 42.0 Å². The van der Waals surface area contributed by atoms with Gasteiger partial charge in [-0.3, -0.25) is 9.69 Å². The number of aryl methyl sites for hydroxylation is 1. The van der Waals surface area contributed by atoms with E-state index in [2.05, 4.69) is 4.99 Å². The molecule has 3 aromatic rings. The molecule has 5 heteroatoms. The average Bonchev–Trinajstić information content (AvgIpc) is 3.05. The normalized spacial score (nSPS) is 14.9. The lowest BCUT2D eigenvalue weighted by Crippen LogP contribution is -2.33. The van der Waals surface area contributed by atoms with Gasteiger partial charge in [0.1, 0.15) is 11.5 Å². The third-order valence-corrected chi connectivity index (χ3v) is 4.98. The number of amidine groups is 1. The predicted molar refractivity (Wildman–Crippen MR) is 120 cm³/mol. The topological polar surface area (TPSA) is 35.9 Å². The fourth-order valence-electron chi connectivity index (χ4n) is 3.30. The van der Waals surface area contributed by atoms with Crippen LogP contribution in [-0.4, -0.2) is 25.8 Å². The molecule has 0 N–H and O–H groups in total. The summed E-state index contributed by atoms with van der Waals surface area (Å²) < 4.78 is 14.6. The van der Waals surface area contributed by atoms with Crippen LogP contribution in [0.5, 0.6) is 0 Å². The van der Waals surface area contributed by atoms with Gasteiger partial charge in [-0.2, -0.15) is 0 Å². The first-order valence-corrected chi connectivity index (χ1v) is 9.68. The Balaban J connectivity index is 1.79. The van der Waals surface area contributed by atoms with E-state index >= 15 is 0 Å². The van der Waals surface area contributed by atoms with E-state index in [-0.39, 0.29) is 23.0 Å². The van der Waals surface area contributed by atoms with Crippen molar-refractivity contribution in [3.05, 3.63) is 101 Å². The third kappa shape index (κ3) is 3.74. The van der Waals surface area contributed by atoms with Crippen molar-refractivity contribution in [1.82, 2.24) is 0 Å². The summed E-state index contributed by atoms with van der Waals surface area (Å²) in [7, 11) is 3.94. The lowest BCUT2D eigenvalue weighted by molar-refractivity contribution is -0.113. The van der Waals surface area contributed by atoms with E-state index in [1.165, 1.54) is 11.0 Å². The molecular weight excluding hydrogens is 377 g/mol. The smallest absolute Gasteiger partial charge is 0.282 e. The number of hydrogen-bond acceptors (Lipinski definition) is 3. The molecule has 30 heavy (non-hydrogen) atoms. The van der Waals surface area contributed by atoms with Crippen molar-refractivity contribution in [1.29, 1.82) is 0 Å². The van der Waals surface area contributed by atoms with Crippen molar-refractivity contribution < 1.29 is 9.18 Å². The summed E-state index contributed by atoms with van der Waals surface area (Å²) in [6.07, 6.45) is 1.73. The van der Waals surface area contributed by atoms with Gasteiger partial charge >= 0.3 is 0 Å². The molecule has 0 fully saturated rings. The minimum atomic E-state index is -0.419. The maximum atomic E-state index is 14.6. The summed E-state index contributed by atoms with van der Waals surface area (Å²) in [6.45, 7) is 1.98. The summed E-state index contributed by atoms with van der Waals surface area (Å²) >= 11 is 0. The lowest BCUT2D eigenvalue weighted by Gasteiger charge is -2.19. The zero-order valence-corrected chi connectivity index (χ0v) is 17.1. The molecule has 0 aliphatic carbocycles. The maximum absolute atomic E-state index is 14.6. The highest BCUT2D eigenvalue weighted by molar-refractivity contribution is 6.33. The molecule has 150 valence electrons. The third-order valence-electron chi connectivity index (χ3n) is 4.98. The van der Waals surface area contributed by atoms with Crippen LogP contribution >= 0.6 is 0 Å². The molecule has 1 aliphatic rings. The largest absolute Gasteiger partial charge is 0.378 e. The number of anilines is 2. The van der Waals surface area contributed by atoms with E-state index in [4.69, 9.17) is 0 Å². The van der Waals surface area contributed by atoms with E-state index in [0.29, 0.717) is 5.69 Å². The number of benzene rings is 3. The quantitative estimate of drug-likeness (QED) is 0.577. The molecule has 4 nitrogen and oxygen atoms in total. The number of carbonyl (C=O) groups is 1. The lowest BCUT2D eigenvalue weighted by atomic mass is 10.1.